The highest BCUT2D eigenvalue weighted by Gasteiger charge is 2.19. The second-order valence-corrected chi connectivity index (χ2v) is 7.57. The van der Waals surface area contributed by atoms with Gasteiger partial charge in [0.15, 0.2) is 6.61 Å². The monoisotopic (exact) mass is 423 g/mol. The first-order valence-corrected chi connectivity index (χ1v) is 9.70. The molecule has 0 saturated carbocycles. The minimum absolute atomic E-state index is 0.495. The number of nitrogens with one attached hydrogen (secondary N) is 2. The average molecular weight is 423 g/mol. The lowest BCUT2D eigenvalue weighted by Gasteiger charge is -2.11. The first kappa shape index (κ1) is 22.0. The van der Waals surface area contributed by atoms with Gasteiger partial charge in [0.05, 0.1) is 10.5 Å². The van der Waals surface area contributed by atoms with E-state index in [2.05, 4.69) is 10.1 Å². The number of hydrogen-bond donors (Lipinski definition) is 3. The first-order valence-electron chi connectivity index (χ1n) is 8.15. The Morgan fingerprint density at radius 3 is 2.48 bits per heavy atom. The Hall–Kier alpha value is -3.31. The fourth-order valence-electron chi connectivity index (χ4n) is 2.25. The third-order valence-corrected chi connectivity index (χ3v) is 4.84. The zero-order chi connectivity index (χ0) is 21.8. The number of hydrogen-bond acceptors (Lipinski definition) is 6. The molecule has 0 spiro atoms. The van der Waals surface area contributed by atoms with E-state index in [-0.39, 0.29) is 0 Å². The number of benzene rings is 2. The SMILES string of the molecule is Cc1cccc(NC(=O)NC(=O)COC(=O)c2cc(S(N)(=O)=O)ccc2F)c1C. The number of rotatable bonds is 5. The molecule has 0 radical (unpaired) electrons. The van der Waals surface area contributed by atoms with Crippen LogP contribution in [0.15, 0.2) is 41.3 Å². The van der Waals surface area contributed by atoms with Crippen LogP contribution in [0, 0.1) is 19.7 Å². The first-order chi connectivity index (χ1) is 13.5. The standard InChI is InChI=1S/C18H18FN3O6S/c1-10-4-3-5-15(11(10)2)21-18(25)22-16(23)9-28-17(24)13-8-12(29(20,26)27)6-7-14(13)19/h3-8H,9H2,1-2H3,(H2,20,26,27)(H2,21,22,23,25). The van der Waals surface area contributed by atoms with Gasteiger partial charge in [-0.3, -0.25) is 10.1 Å². The number of sulfonamides is 1. The van der Waals surface area contributed by atoms with Crippen molar-refractivity contribution >= 4 is 33.6 Å². The van der Waals surface area contributed by atoms with Crippen molar-refractivity contribution < 1.29 is 31.9 Å². The Labute approximate surface area is 166 Å². The van der Waals surface area contributed by atoms with E-state index in [0.29, 0.717) is 11.8 Å². The molecule has 0 aliphatic carbocycles. The lowest BCUT2D eigenvalue weighted by atomic mass is 10.1. The van der Waals surface area contributed by atoms with Crippen LogP contribution >= 0.6 is 0 Å². The summed E-state index contributed by atoms with van der Waals surface area (Å²) in [5.74, 6) is -3.32. The molecule has 2 rings (SSSR count). The third kappa shape index (κ3) is 5.83. The molecule has 0 aliphatic heterocycles. The number of urea groups is 1. The van der Waals surface area contributed by atoms with E-state index >= 15 is 0 Å². The average Bonchev–Trinajstić information content (AvgIpc) is 2.63. The maximum Gasteiger partial charge on any atom is 0.341 e. The summed E-state index contributed by atoms with van der Waals surface area (Å²) in [5, 5.41) is 9.36. The Kier molecular flexibility index (Phi) is 6.67. The van der Waals surface area contributed by atoms with Crippen LogP contribution in [-0.2, 0) is 19.6 Å². The molecule has 0 aliphatic rings. The fourth-order valence-corrected chi connectivity index (χ4v) is 2.79. The summed E-state index contributed by atoms with van der Waals surface area (Å²) >= 11 is 0. The molecule has 0 unspecified atom stereocenters. The maximum atomic E-state index is 13.8. The highest BCUT2D eigenvalue weighted by Crippen LogP contribution is 2.18. The summed E-state index contributed by atoms with van der Waals surface area (Å²) < 4.78 is 41.0. The van der Waals surface area contributed by atoms with E-state index < -0.39 is 50.8 Å². The van der Waals surface area contributed by atoms with Gasteiger partial charge >= 0.3 is 12.0 Å². The van der Waals surface area contributed by atoms with Crippen LogP contribution in [0.5, 0.6) is 0 Å². The van der Waals surface area contributed by atoms with Gasteiger partial charge in [-0.2, -0.15) is 0 Å². The number of esters is 1. The molecule has 4 N–H and O–H groups in total. The Balaban J connectivity index is 1.96. The minimum atomic E-state index is -4.17. The molecule has 9 nitrogen and oxygen atoms in total. The second-order valence-electron chi connectivity index (χ2n) is 6.01. The smallest absolute Gasteiger partial charge is 0.341 e. The van der Waals surface area contributed by atoms with E-state index in [1.807, 2.05) is 18.3 Å². The normalized spacial score (nSPS) is 10.9. The number of nitrogens with two attached hydrogens (primary N) is 1. The molecular weight excluding hydrogens is 405 g/mol. The van der Waals surface area contributed by atoms with Crippen LogP contribution in [0.2, 0.25) is 0 Å². The molecule has 0 atom stereocenters. The van der Waals surface area contributed by atoms with E-state index in [9.17, 15) is 27.2 Å². The molecule has 154 valence electrons. The number of anilines is 1. The molecular formula is C18H18FN3O6S. The summed E-state index contributed by atoms with van der Waals surface area (Å²) in [4.78, 5) is 35.1. The van der Waals surface area contributed by atoms with Gasteiger partial charge in [-0.15, -0.1) is 0 Å². The topological polar surface area (TPSA) is 145 Å². The largest absolute Gasteiger partial charge is 0.452 e. The van der Waals surface area contributed by atoms with Crippen LogP contribution < -0.4 is 15.8 Å². The van der Waals surface area contributed by atoms with Crippen LogP contribution in [-0.4, -0.2) is 32.9 Å². The minimum Gasteiger partial charge on any atom is -0.452 e. The van der Waals surface area contributed by atoms with Gasteiger partial charge in [-0.1, -0.05) is 12.1 Å². The number of aryl methyl sites for hydroxylation is 1. The second kappa shape index (κ2) is 8.80. The number of ether oxygens (including phenoxy) is 1. The van der Waals surface area contributed by atoms with Gasteiger partial charge in [0, 0.05) is 5.69 Å². The van der Waals surface area contributed by atoms with Gasteiger partial charge in [0.25, 0.3) is 5.91 Å². The number of halogens is 1. The molecule has 2 aromatic rings. The number of carbonyl (C=O) groups is 3. The molecule has 0 aromatic heterocycles. The molecule has 29 heavy (non-hydrogen) atoms. The molecule has 3 amide bonds. The molecule has 0 heterocycles. The summed E-state index contributed by atoms with van der Waals surface area (Å²) in [6.07, 6.45) is 0. The van der Waals surface area contributed by atoms with Crippen LogP contribution in [0.1, 0.15) is 21.5 Å². The van der Waals surface area contributed by atoms with Crippen molar-refractivity contribution in [3.63, 3.8) is 0 Å². The van der Waals surface area contributed by atoms with Gasteiger partial charge in [0.2, 0.25) is 10.0 Å². The quantitative estimate of drug-likeness (QED) is 0.623. The van der Waals surface area contributed by atoms with E-state index in [0.717, 1.165) is 23.3 Å². The number of primary sulfonamides is 1. The van der Waals surface area contributed by atoms with E-state index in [1.165, 1.54) is 0 Å². The van der Waals surface area contributed by atoms with E-state index in [1.54, 1.807) is 19.1 Å². The van der Waals surface area contributed by atoms with Gasteiger partial charge in [0.1, 0.15) is 5.82 Å². The molecule has 0 bridgehead atoms. The van der Waals surface area contributed by atoms with Crippen molar-refractivity contribution in [2.24, 2.45) is 5.14 Å². The summed E-state index contributed by atoms with van der Waals surface area (Å²) in [6, 6.07) is 6.69. The Bertz CT molecular complexity index is 1080. The Morgan fingerprint density at radius 2 is 1.83 bits per heavy atom. The number of imide groups is 1. The van der Waals surface area contributed by atoms with Crippen molar-refractivity contribution in [3.8, 4) is 0 Å². The highest BCUT2D eigenvalue weighted by atomic mass is 32.2. The van der Waals surface area contributed by atoms with Crippen molar-refractivity contribution in [3.05, 3.63) is 58.9 Å². The van der Waals surface area contributed by atoms with E-state index in [4.69, 9.17) is 5.14 Å². The lowest BCUT2D eigenvalue weighted by molar-refractivity contribution is -0.123. The fraction of sp³-hybridized carbons (Fsp3) is 0.167. The van der Waals surface area contributed by atoms with Gasteiger partial charge < -0.3 is 10.1 Å². The van der Waals surface area contributed by atoms with Crippen molar-refractivity contribution in [1.29, 1.82) is 0 Å². The van der Waals surface area contributed by atoms with Crippen LogP contribution in [0.3, 0.4) is 0 Å². The zero-order valence-corrected chi connectivity index (χ0v) is 16.3. The summed E-state index contributed by atoms with van der Waals surface area (Å²) in [6.45, 7) is 2.75. The van der Waals surface area contributed by atoms with Gasteiger partial charge in [-0.25, -0.2) is 27.5 Å². The van der Waals surface area contributed by atoms with Gasteiger partial charge in [-0.05, 0) is 49.2 Å². The predicted molar refractivity (Wildman–Crippen MR) is 101 cm³/mol. The number of carbonyl (C=O) groups excluding carboxylic acids is 3. The highest BCUT2D eigenvalue weighted by molar-refractivity contribution is 7.89. The van der Waals surface area contributed by atoms with Crippen molar-refractivity contribution in [1.82, 2.24) is 5.32 Å². The molecule has 0 saturated heterocycles. The van der Waals surface area contributed by atoms with Crippen LogP contribution in [0.25, 0.3) is 0 Å². The molecule has 2 aromatic carbocycles. The maximum absolute atomic E-state index is 13.8. The third-order valence-electron chi connectivity index (χ3n) is 3.93. The van der Waals surface area contributed by atoms with Crippen molar-refractivity contribution in [2.45, 2.75) is 18.7 Å². The summed E-state index contributed by atoms with van der Waals surface area (Å²) in [7, 11) is -4.17. The van der Waals surface area contributed by atoms with Crippen LogP contribution in [0.4, 0.5) is 14.9 Å². The predicted octanol–water partition coefficient (Wildman–Crippen LogP) is 1.60. The zero-order valence-electron chi connectivity index (χ0n) is 15.5. The van der Waals surface area contributed by atoms with Crippen molar-refractivity contribution in [2.75, 3.05) is 11.9 Å². The summed E-state index contributed by atoms with van der Waals surface area (Å²) in [5.41, 5.74) is 1.52. The Morgan fingerprint density at radius 1 is 1.14 bits per heavy atom. The lowest BCUT2D eigenvalue weighted by Crippen LogP contribution is -2.37. The number of amides is 3. The molecule has 0 fully saturated rings. The molecule has 11 heteroatoms.